The van der Waals surface area contributed by atoms with Gasteiger partial charge in [-0.15, -0.1) is 0 Å². The Morgan fingerprint density at radius 1 is 1.17 bits per heavy atom. The van der Waals surface area contributed by atoms with Crippen LogP contribution in [0.3, 0.4) is 0 Å². The Bertz CT molecular complexity index is 314. The van der Waals surface area contributed by atoms with Crippen molar-refractivity contribution < 1.29 is 23.9 Å². The monoisotopic (exact) mass is 258 g/mol. The molecule has 104 valence electrons. The molecule has 0 bridgehead atoms. The molecule has 0 aliphatic heterocycles. The predicted molar refractivity (Wildman–Crippen MR) is 65.9 cm³/mol. The third-order valence-electron chi connectivity index (χ3n) is 2.21. The van der Waals surface area contributed by atoms with Crippen LogP contribution in [0.5, 0.6) is 0 Å². The van der Waals surface area contributed by atoms with E-state index < -0.39 is 23.5 Å². The average Bonchev–Trinajstić information content (AvgIpc) is 2.20. The summed E-state index contributed by atoms with van der Waals surface area (Å²) in [4.78, 5) is 34.0. The molecule has 1 atom stereocenters. The van der Waals surface area contributed by atoms with E-state index in [0.717, 1.165) is 0 Å². The van der Waals surface area contributed by atoms with E-state index in [1.54, 1.807) is 20.8 Å². The molecule has 1 unspecified atom stereocenters. The van der Waals surface area contributed by atoms with Crippen LogP contribution in [-0.2, 0) is 23.9 Å². The van der Waals surface area contributed by atoms with Gasteiger partial charge in [-0.1, -0.05) is 0 Å². The van der Waals surface area contributed by atoms with Crippen molar-refractivity contribution >= 4 is 17.7 Å². The van der Waals surface area contributed by atoms with Crippen molar-refractivity contribution in [2.24, 2.45) is 5.92 Å². The molecule has 0 aromatic rings. The van der Waals surface area contributed by atoms with Gasteiger partial charge in [0.05, 0.1) is 19.4 Å². The number of methoxy groups -OCH3 is 1. The molecule has 0 N–H and O–H groups in total. The van der Waals surface area contributed by atoms with Crippen molar-refractivity contribution in [3.63, 3.8) is 0 Å². The third kappa shape index (κ3) is 7.81. The zero-order chi connectivity index (χ0) is 14.3. The Kier molecular flexibility index (Phi) is 6.58. The number of hydrogen-bond acceptors (Lipinski definition) is 5. The second kappa shape index (κ2) is 7.13. The average molecular weight is 258 g/mol. The van der Waals surface area contributed by atoms with Crippen LogP contribution in [0.15, 0.2) is 0 Å². The SMILES string of the molecule is COC(=O)C(CCC(C)=O)CC(=O)OC(C)(C)C. The predicted octanol–water partition coefficient (Wildman–Crippen LogP) is 1.88. The van der Waals surface area contributed by atoms with E-state index in [2.05, 4.69) is 4.74 Å². The Labute approximate surface area is 108 Å². The number of hydrogen-bond donors (Lipinski definition) is 0. The van der Waals surface area contributed by atoms with Crippen molar-refractivity contribution in [1.82, 2.24) is 0 Å². The Hall–Kier alpha value is -1.39. The van der Waals surface area contributed by atoms with E-state index in [0.29, 0.717) is 6.42 Å². The topological polar surface area (TPSA) is 69.7 Å². The number of carbonyl (C=O) groups is 3. The van der Waals surface area contributed by atoms with Crippen LogP contribution in [-0.4, -0.2) is 30.4 Å². The molecule has 0 spiro atoms. The van der Waals surface area contributed by atoms with Gasteiger partial charge in [0.2, 0.25) is 0 Å². The number of ether oxygens (including phenoxy) is 2. The van der Waals surface area contributed by atoms with Gasteiger partial charge in [-0.05, 0) is 34.1 Å². The minimum absolute atomic E-state index is 0.0203. The molecule has 0 fully saturated rings. The Morgan fingerprint density at radius 2 is 1.72 bits per heavy atom. The largest absolute Gasteiger partial charge is 0.469 e. The van der Waals surface area contributed by atoms with Crippen LogP contribution in [0.4, 0.5) is 0 Å². The molecular weight excluding hydrogens is 236 g/mol. The van der Waals surface area contributed by atoms with Gasteiger partial charge in [-0.25, -0.2) is 0 Å². The highest BCUT2D eigenvalue weighted by atomic mass is 16.6. The van der Waals surface area contributed by atoms with Gasteiger partial charge in [0.25, 0.3) is 0 Å². The summed E-state index contributed by atoms with van der Waals surface area (Å²) >= 11 is 0. The van der Waals surface area contributed by atoms with E-state index in [9.17, 15) is 14.4 Å². The quantitative estimate of drug-likeness (QED) is 0.680. The minimum Gasteiger partial charge on any atom is -0.469 e. The molecule has 18 heavy (non-hydrogen) atoms. The maximum Gasteiger partial charge on any atom is 0.309 e. The first-order valence-corrected chi connectivity index (χ1v) is 5.95. The molecule has 0 saturated carbocycles. The fraction of sp³-hybridized carbons (Fsp3) is 0.769. The lowest BCUT2D eigenvalue weighted by Crippen LogP contribution is -2.28. The third-order valence-corrected chi connectivity index (χ3v) is 2.21. The highest BCUT2D eigenvalue weighted by Gasteiger charge is 2.26. The maximum absolute atomic E-state index is 11.6. The second-order valence-corrected chi connectivity index (χ2v) is 5.25. The highest BCUT2D eigenvalue weighted by Crippen LogP contribution is 2.17. The van der Waals surface area contributed by atoms with Crippen molar-refractivity contribution in [3.05, 3.63) is 0 Å². The second-order valence-electron chi connectivity index (χ2n) is 5.25. The van der Waals surface area contributed by atoms with Crippen molar-refractivity contribution in [1.29, 1.82) is 0 Å². The molecule has 5 nitrogen and oxygen atoms in total. The number of rotatable bonds is 6. The summed E-state index contributed by atoms with van der Waals surface area (Å²) in [7, 11) is 1.26. The molecule has 0 saturated heterocycles. The summed E-state index contributed by atoms with van der Waals surface area (Å²) in [5.41, 5.74) is -0.585. The summed E-state index contributed by atoms with van der Waals surface area (Å²) < 4.78 is 9.76. The molecule has 5 heteroatoms. The first-order valence-electron chi connectivity index (χ1n) is 5.95. The summed E-state index contributed by atoms with van der Waals surface area (Å²) in [6, 6.07) is 0. The standard InChI is InChI=1S/C13H22O5/c1-9(14)6-7-10(12(16)17-5)8-11(15)18-13(2,3)4/h10H,6-8H2,1-5H3. The highest BCUT2D eigenvalue weighted by molar-refractivity contribution is 5.81. The van der Waals surface area contributed by atoms with E-state index in [-0.39, 0.29) is 18.6 Å². The summed E-state index contributed by atoms with van der Waals surface area (Å²) in [6.45, 7) is 6.72. The molecule has 0 amide bonds. The summed E-state index contributed by atoms with van der Waals surface area (Å²) in [5, 5.41) is 0. The van der Waals surface area contributed by atoms with Crippen LogP contribution < -0.4 is 0 Å². The van der Waals surface area contributed by atoms with Crippen molar-refractivity contribution in [3.8, 4) is 0 Å². The van der Waals surface area contributed by atoms with Crippen LogP contribution in [0.2, 0.25) is 0 Å². The maximum atomic E-state index is 11.6. The van der Waals surface area contributed by atoms with Crippen LogP contribution in [0.1, 0.15) is 47.0 Å². The van der Waals surface area contributed by atoms with Gasteiger partial charge in [-0.2, -0.15) is 0 Å². The Morgan fingerprint density at radius 3 is 2.11 bits per heavy atom. The fourth-order valence-corrected chi connectivity index (χ4v) is 1.43. The van der Waals surface area contributed by atoms with Crippen LogP contribution in [0, 0.1) is 5.92 Å². The number of Topliss-reactive ketones (excluding diaryl/α,β-unsaturated/α-hetero) is 1. The van der Waals surface area contributed by atoms with Crippen molar-refractivity contribution in [2.75, 3.05) is 7.11 Å². The first-order chi connectivity index (χ1) is 8.15. The van der Waals surface area contributed by atoms with E-state index in [4.69, 9.17) is 4.74 Å². The fourth-order valence-electron chi connectivity index (χ4n) is 1.43. The minimum atomic E-state index is -0.617. The van der Waals surface area contributed by atoms with Crippen molar-refractivity contribution in [2.45, 2.75) is 52.6 Å². The first kappa shape index (κ1) is 16.6. The van der Waals surface area contributed by atoms with E-state index in [1.807, 2.05) is 0 Å². The molecule has 0 heterocycles. The number of ketones is 1. The van der Waals surface area contributed by atoms with Gasteiger partial charge >= 0.3 is 11.9 Å². The summed E-state index contributed by atoms with van der Waals surface area (Å²) in [5.74, 6) is -1.58. The van der Waals surface area contributed by atoms with E-state index >= 15 is 0 Å². The zero-order valence-electron chi connectivity index (χ0n) is 11.7. The molecule has 0 rings (SSSR count). The molecule has 0 aromatic heterocycles. The summed E-state index contributed by atoms with van der Waals surface area (Å²) in [6.07, 6.45) is 0.501. The zero-order valence-corrected chi connectivity index (χ0v) is 11.7. The van der Waals surface area contributed by atoms with Crippen LogP contribution >= 0.6 is 0 Å². The number of carbonyl (C=O) groups excluding carboxylic acids is 3. The Balaban J connectivity index is 4.45. The van der Waals surface area contributed by atoms with Gasteiger partial charge in [0, 0.05) is 6.42 Å². The molecule has 0 radical (unpaired) electrons. The van der Waals surface area contributed by atoms with Gasteiger partial charge in [0.15, 0.2) is 0 Å². The lowest BCUT2D eigenvalue weighted by molar-refractivity contribution is -0.161. The molecule has 0 aliphatic carbocycles. The molecule has 0 aliphatic rings. The lowest BCUT2D eigenvalue weighted by atomic mass is 9.98. The lowest BCUT2D eigenvalue weighted by Gasteiger charge is -2.21. The number of esters is 2. The molecule has 0 aromatic carbocycles. The van der Waals surface area contributed by atoms with E-state index in [1.165, 1.54) is 14.0 Å². The molecular formula is C13H22O5. The van der Waals surface area contributed by atoms with Gasteiger partial charge in [-0.3, -0.25) is 9.59 Å². The van der Waals surface area contributed by atoms with Gasteiger partial charge in [0.1, 0.15) is 11.4 Å². The van der Waals surface area contributed by atoms with Gasteiger partial charge < -0.3 is 14.3 Å². The van der Waals surface area contributed by atoms with Crippen LogP contribution in [0.25, 0.3) is 0 Å². The normalized spacial score (nSPS) is 12.7. The smallest absolute Gasteiger partial charge is 0.309 e.